The molecule has 1 radical (unpaired) electrons. The Labute approximate surface area is 62.3 Å². The quantitative estimate of drug-likeness (QED) is 0.465. The fourth-order valence-corrected chi connectivity index (χ4v) is 1.04. The summed E-state index contributed by atoms with van der Waals surface area (Å²) in [6.45, 7) is 3.61. The number of hydrogen-bond acceptors (Lipinski definition) is 3. The minimum absolute atomic E-state index is 0.0481. The first kappa shape index (κ1) is 7.60. The van der Waals surface area contributed by atoms with Gasteiger partial charge < -0.3 is 0 Å². The molecule has 1 saturated heterocycles. The van der Waals surface area contributed by atoms with Crippen LogP contribution in [0.4, 0.5) is 0 Å². The first-order valence-corrected chi connectivity index (χ1v) is 3.45. The number of nitrogens with zero attached hydrogens (tertiary/aromatic N) is 2. The summed E-state index contributed by atoms with van der Waals surface area (Å²) in [5.41, 5.74) is 0. The Balaban J connectivity index is 2.33. The predicted octanol–water partition coefficient (Wildman–Crippen LogP) is -1.14. The SMILES string of the molecule is [B]=C(O)N1CCN(C)CC1. The van der Waals surface area contributed by atoms with E-state index in [9.17, 15) is 0 Å². The van der Waals surface area contributed by atoms with Crippen LogP contribution in [0.3, 0.4) is 0 Å². The van der Waals surface area contributed by atoms with Gasteiger partial charge in [0.2, 0.25) is 0 Å². The van der Waals surface area contributed by atoms with Gasteiger partial charge in [-0.25, -0.2) is 0 Å². The standard InChI is InChI=1S/C6H12BN2O/c1-8-2-4-9(5-3-8)6(7)10/h10H,2-5H2,1H3. The van der Waals surface area contributed by atoms with Crippen molar-refractivity contribution in [1.29, 1.82) is 0 Å². The third kappa shape index (κ3) is 1.74. The molecule has 1 aliphatic rings. The monoisotopic (exact) mass is 139 g/mol. The van der Waals surface area contributed by atoms with Crippen LogP contribution in [0, 0.1) is 0 Å². The number of aliphatic hydroxyl groups excluding tert-OH is 1. The maximum atomic E-state index is 8.87. The zero-order valence-corrected chi connectivity index (χ0v) is 6.25. The Kier molecular flexibility index (Phi) is 2.32. The van der Waals surface area contributed by atoms with Crippen LogP contribution in [0.5, 0.6) is 0 Å². The van der Waals surface area contributed by atoms with Gasteiger partial charge in [0, 0.05) is 0 Å². The molecule has 1 aliphatic heterocycles. The van der Waals surface area contributed by atoms with Crippen LogP contribution in [0.1, 0.15) is 0 Å². The Morgan fingerprint density at radius 1 is 1.30 bits per heavy atom. The second-order valence-electron chi connectivity index (χ2n) is 2.65. The summed E-state index contributed by atoms with van der Waals surface area (Å²) in [7, 11) is 7.25. The van der Waals surface area contributed by atoms with E-state index in [2.05, 4.69) is 11.9 Å². The van der Waals surface area contributed by atoms with Crippen LogP contribution in [-0.4, -0.2) is 61.4 Å². The van der Waals surface area contributed by atoms with Crippen LogP contribution in [0.2, 0.25) is 0 Å². The third-order valence-electron chi connectivity index (χ3n) is 1.83. The number of piperazine rings is 1. The van der Waals surface area contributed by atoms with Crippen LogP contribution in [0.25, 0.3) is 0 Å². The molecule has 1 heterocycles. The molecule has 0 amide bonds. The van der Waals surface area contributed by atoms with E-state index < -0.39 is 0 Å². The van der Waals surface area contributed by atoms with Gasteiger partial charge in [-0.1, -0.05) is 0 Å². The molecular weight excluding hydrogens is 127 g/mol. The summed E-state index contributed by atoms with van der Waals surface area (Å²) in [4.78, 5) is 3.99. The van der Waals surface area contributed by atoms with Crippen molar-refractivity contribution in [3.63, 3.8) is 0 Å². The van der Waals surface area contributed by atoms with E-state index in [0.717, 1.165) is 26.2 Å². The summed E-state index contributed by atoms with van der Waals surface area (Å²) < 4.78 is 0. The van der Waals surface area contributed by atoms with E-state index in [-0.39, 0.29) is 5.77 Å². The molecule has 0 aromatic carbocycles. The van der Waals surface area contributed by atoms with Crippen molar-refractivity contribution in [3.8, 4) is 0 Å². The number of aliphatic hydroxyl groups is 1. The van der Waals surface area contributed by atoms with Crippen LogP contribution in [-0.2, 0) is 0 Å². The average molecular weight is 139 g/mol. The van der Waals surface area contributed by atoms with Gasteiger partial charge in [0.15, 0.2) is 0 Å². The van der Waals surface area contributed by atoms with E-state index in [4.69, 9.17) is 12.6 Å². The van der Waals surface area contributed by atoms with Gasteiger partial charge in [-0.2, -0.15) is 0 Å². The Morgan fingerprint density at radius 3 is 2.20 bits per heavy atom. The molecule has 0 saturated carbocycles. The molecular formula is C6H12BN2O. The normalized spacial score (nSPS) is 21.0. The molecule has 0 spiro atoms. The fourth-order valence-electron chi connectivity index (χ4n) is 1.04. The summed E-state index contributed by atoms with van der Waals surface area (Å²) >= 11 is 0. The van der Waals surface area contributed by atoms with E-state index in [0.29, 0.717) is 0 Å². The minimum atomic E-state index is -0.0481. The zero-order chi connectivity index (χ0) is 7.56. The molecule has 1 fully saturated rings. The second kappa shape index (κ2) is 3.06. The van der Waals surface area contributed by atoms with Crippen molar-refractivity contribution >= 4 is 13.3 Å². The maximum absolute atomic E-state index is 8.87. The Morgan fingerprint density at radius 2 is 1.80 bits per heavy atom. The molecule has 3 nitrogen and oxygen atoms in total. The fraction of sp³-hybridized carbons (Fsp3) is 0.833. The van der Waals surface area contributed by atoms with Crippen molar-refractivity contribution < 1.29 is 5.11 Å². The summed E-state index contributed by atoms with van der Waals surface area (Å²) in [5.74, 6) is -0.0481. The third-order valence-corrected chi connectivity index (χ3v) is 1.83. The van der Waals surface area contributed by atoms with Gasteiger partial charge in [-0.15, -0.1) is 0 Å². The van der Waals surface area contributed by atoms with E-state index in [1.807, 2.05) is 0 Å². The van der Waals surface area contributed by atoms with Gasteiger partial charge in [0.25, 0.3) is 0 Å². The van der Waals surface area contributed by atoms with E-state index in [1.165, 1.54) is 0 Å². The molecule has 4 heteroatoms. The molecule has 1 rings (SSSR count). The first-order chi connectivity index (χ1) is 4.70. The van der Waals surface area contributed by atoms with Gasteiger partial charge in [-0.05, 0) is 0 Å². The second-order valence-corrected chi connectivity index (χ2v) is 2.65. The van der Waals surface area contributed by atoms with Gasteiger partial charge in [0.1, 0.15) is 0 Å². The number of hydrogen-bond donors (Lipinski definition) is 1. The van der Waals surface area contributed by atoms with Crippen LogP contribution in [0.15, 0.2) is 0 Å². The Bertz CT molecular complexity index is 132. The average Bonchev–Trinajstić information content (AvgIpc) is 1.88. The topological polar surface area (TPSA) is 26.7 Å². The van der Waals surface area contributed by atoms with E-state index in [1.54, 1.807) is 4.90 Å². The molecule has 0 aromatic rings. The van der Waals surface area contributed by atoms with Crippen molar-refractivity contribution in [1.82, 2.24) is 9.80 Å². The molecule has 10 heavy (non-hydrogen) atoms. The van der Waals surface area contributed by atoms with Crippen LogP contribution >= 0.6 is 0 Å². The molecule has 55 valence electrons. The van der Waals surface area contributed by atoms with Crippen molar-refractivity contribution in [3.05, 3.63) is 0 Å². The number of rotatable bonds is 1. The van der Waals surface area contributed by atoms with Gasteiger partial charge >= 0.3 is 61.4 Å². The summed E-state index contributed by atoms with van der Waals surface area (Å²) in [6.07, 6.45) is 0. The molecule has 1 N–H and O–H groups in total. The first-order valence-electron chi connectivity index (χ1n) is 3.45. The molecule has 0 atom stereocenters. The Hall–Kier alpha value is -0.505. The predicted molar refractivity (Wildman–Crippen MR) is 41.8 cm³/mol. The van der Waals surface area contributed by atoms with Crippen LogP contribution < -0.4 is 0 Å². The summed E-state index contributed by atoms with van der Waals surface area (Å²) in [5, 5.41) is 8.87. The molecule has 0 unspecified atom stereocenters. The molecule has 0 bridgehead atoms. The number of likely N-dealkylation sites (N-methyl/N-ethyl adjacent to an activating group) is 1. The zero-order valence-electron chi connectivity index (χ0n) is 6.25. The van der Waals surface area contributed by atoms with Crippen molar-refractivity contribution in [2.75, 3.05) is 33.2 Å². The van der Waals surface area contributed by atoms with Crippen molar-refractivity contribution in [2.45, 2.75) is 0 Å². The summed E-state index contributed by atoms with van der Waals surface area (Å²) in [6, 6.07) is 0. The van der Waals surface area contributed by atoms with Gasteiger partial charge in [-0.3, -0.25) is 0 Å². The van der Waals surface area contributed by atoms with Gasteiger partial charge in [0.05, 0.1) is 0 Å². The van der Waals surface area contributed by atoms with E-state index >= 15 is 0 Å². The van der Waals surface area contributed by atoms with Crippen molar-refractivity contribution in [2.24, 2.45) is 0 Å². The molecule has 0 aromatic heterocycles. The molecule has 0 aliphatic carbocycles.